The molecule has 0 aliphatic heterocycles. The molecule has 136 valence electrons. The van der Waals surface area contributed by atoms with Crippen LogP contribution in [0.25, 0.3) is 0 Å². The van der Waals surface area contributed by atoms with Crippen LogP contribution in [0.1, 0.15) is 17.5 Å². The zero-order valence-corrected chi connectivity index (χ0v) is 15.3. The number of methoxy groups -OCH3 is 1. The molecule has 5 nitrogen and oxygen atoms in total. The highest BCUT2D eigenvalue weighted by Gasteiger charge is 2.47. The smallest absolute Gasteiger partial charge is 0.224 e. The maximum Gasteiger partial charge on any atom is 0.224 e. The topological polar surface area (TPSA) is 67.4 Å². The molecule has 6 heteroatoms. The van der Waals surface area contributed by atoms with Crippen molar-refractivity contribution in [3.05, 3.63) is 64.7 Å². The molecule has 0 radical (unpaired) electrons. The summed E-state index contributed by atoms with van der Waals surface area (Å²) in [4.78, 5) is 24.5. The third-order valence-electron chi connectivity index (χ3n) is 4.52. The number of ether oxygens (including phenoxy) is 1. The molecule has 2 aromatic carbocycles. The molecule has 26 heavy (non-hydrogen) atoms. The van der Waals surface area contributed by atoms with Gasteiger partial charge in [-0.3, -0.25) is 9.59 Å². The summed E-state index contributed by atoms with van der Waals surface area (Å²) in [6.07, 6.45) is 0.576. The van der Waals surface area contributed by atoms with Crippen LogP contribution < -0.4 is 15.4 Å². The van der Waals surface area contributed by atoms with Crippen LogP contribution in [0.5, 0.6) is 5.75 Å². The number of para-hydroxylation sites is 1. The van der Waals surface area contributed by atoms with Gasteiger partial charge in [-0.1, -0.05) is 48.0 Å². The summed E-state index contributed by atoms with van der Waals surface area (Å²) in [5.41, 5.74) is 1.77. The monoisotopic (exact) mass is 372 g/mol. The Morgan fingerprint density at radius 3 is 2.12 bits per heavy atom. The molecular formula is C20H21ClN2O3. The first-order valence-electron chi connectivity index (χ1n) is 8.51. The largest absolute Gasteiger partial charge is 0.496 e. The van der Waals surface area contributed by atoms with Gasteiger partial charge in [-0.15, -0.1) is 0 Å². The lowest BCUT2D eigenvalue weighted by atomic mass is 10.2. The Hall–Kier alpha value is -2.53. The Bertz CT molecular complexity index is 809. The lowest BCUT2D eigenvalue weighted by Gasteiger charge is -2.10. The van der Waals surface area contributed by atoms with Crippen LogP contribution >= 0.6 is 11.6 Å². The van der Waals surface area contributed by atoms with E-state index in [0.29, 0.717) is 24.5 Å². The lowest BCUT2D eigenvalue weighted by Crippen LogP contribution is -2.29. The predicted octanol–water partition coefficient (Wildman–Crippen LogP) is 2.92. The number of nitrogens with one attached hydrogen (secondary N) is 2. The van der Waals surface area contributed by atoms with Crippen LogP contribution in [0.3, 0.4) is 0 Å². The summed E-state index contributed by atoms with van der Waals surface area (Å²) in [7, 11) is 1.60. The fourth-order valence-corrected chi connectivity index (χ4v) is 3.09. The number of hydrogen-bond acceptors (Lipinski definition) is 3. The number of rotatable bonds is 7. The van der Waals surface area contributed by atoms with E-state index in [1.54, 1.807) is 13.2 Å². The average molecular weight is 373 g/mol. The van der Waals surface area contributed by atoms with Crippen LogP contribution in [-0.4, -0.2) is 18.9 Å². The molecule has 2 aromatic rings. The maximum absolute atomic E-state index is 12.3. The Morgan fingerprint density at radius 1 is 0.962 bits per heavy atom. The molecule has 0 saturated heterocycles. The third-order valence-corrected chi connectivity index (χ3v) is 4.89. The summed E-state index contributed by atoms with van der Waals surface area (Å²) in [6.45, 7) is 0.748. The summed E-state index contributed by atoms with van der Waals surface area (Å²) < 4.78 is 5.27. The van der Waals surface area contributed by atoms with E-state index in [9.17, 15) is 9.59 Å². The van der Waals surface area contributed by atoms with Crippen molar-refractivity contribution < 1.29 is 14.3 Å². The third kappa shape index (κ3) is 4.35. The van der Waals surface area contributed by atoms with Crippen molar-refractivity contribution in [3.63, 3.8) is 0 Å². The van der Waals surface area contributed by atoms with Gasteiger partial charge in [0.05, 0.1) is 18.9 Å². The Labute approximate surface area is 157 Å². The van der Waals surface area contributed by atoms with Gasteiger partial charge in [-0.25, -0.2) is 0 Å². The van der Waals surface area contributed by atoms with E-state index in [2.05, 4.69) is 10.6 Å². The minimum atomic E-state index is -0.268. The van der Waals surface area contributed by atoms with Crippen LogP contribution in [0.2, 0.25) is 5.02 Å². The van der Waals surface area contributed by atoms with Crippen molar-refractivity contribution in [1.29, 1.82) is 0 Å². The van der Waals surface area contributed by atoms with Gasteiger partial charge in [0.15, 0.2) is 0 Å². The molecule has 2 N–H and O–H groups in total. The molecule has 1 fully saturated rings. The van der Waals surface area contributed by atoms with E-state index < -0.39 is 0 Å². The molecule has 2 atom stereocenters. The van der Waals surface area contributed by atoms with Crippen LogP contribution in [0.15, 0.2) is 48.5 Å². The molecule has 0 heterocycles. The summed E-state index contributed by atoms with van der Waals surface area (Å²) in [5.74, 6) is -0.0140. The van der Waals surface area contributed by atoms with Crippen LogP contribution in [0, 0.1) is 11.8 Å². The molecule has 1 aliphatic carbocycles. The van der Waals surface area contributed by atoms with Gasteiger partial charge in [-0.2, -0.15) is 0 Å². The fraction of sp³-hybridized carbons (Fsp3) is 0.300. The van der Waals surface area contributed by atoms with Crippen molar-refractivity contribution in [2.45, 2.75) is 19.5 Å². The summed E-state index contributed by atoms with van der Waals surface area (Å²) in [5, 5.41) is 6.36. The second-order valence-corrected chi connectivity index (χ2v) is 6.69. The van der Waals surface area contributed by atoms with Gasteiger partial charge in [-0.05, 0) is 24.1 Å². The van der Waals surface area contributed by atoms with Crippen molar-refractivity contribution >= 4 is 23.4 Å². The molecule has 2 unspecified atom stereocenters. The van der Waals surface area contributed by atoms with Gasteiger partial charge in [0, 0.05) is 23.7 Å². The average Bonchev–Trinajstić information content (AvgIpc) is 3.46. The lowest BCUT2D eigenvalue weighted by molar-refractivity contribution is -0.127. The molecule has 0 spiro atoms. The highest BCUT2D eigenvalue weighted by atomic mass is 35.5. The zero-order valence-electron chi connectivity index (χ0n) is 14.5. The molecule has 2 amide bonds. The normalized spacial score (nSPS) is 18.1. The van der Waals surface area contributed by atoms with E-state index in [0.717, 1.165) is 16.9 Å². The second-order valence-electron chi connectivity index (χ2n) is 6.29. The van der Waals surface area contributed by atoms with Crippen molar-refractivity contribution in [2.75, 3.05) is 7.11 Å². The molecule has 1 aliphatic rings. The van der Waals surface area contributed by atoms with Crippen LogP contribution in [0.4, 0.5) is 0 Å². The van der Waals surface area contributed by atoms with E-state index in [1.807, 2.05) is 42.5 Å². The minimum absolute atomic E-state index is 0.103. The van der Waals surface area contributed by atoms with Gasteiger partial charge in [0.25, 0.3) is 0 Å². The van der Waals surface area contributed by atoms with Crippen molar-refractivity contribution in [3.8, 4) is 5.75 Å². The number of carbonyl (C=O) groups is 2. The van der Waals surface area contributed by atoms with Gasteiger partial charge >= 0.3 is 0 Å². The van der Waals surface area contributed by atoms with Crippen molar-refractivity contribution in [2.24, 2.45) is 11.8 Å². The van der Waals surface area contributed by atoms with Crippen LogP contribution in [-0.2, 0) is 22.7 Å². The van der Waals surface area contributed by atoms with Crippen molar-refractivity contribution in [1.82, 2.24) is 10.6 Å². The Morgan fingerprint density at radius 2 is 1.50 bits per heavy atom. The number of benzene rings is 2. The van der Waals surface area contributed by atoms with E-state index in [4.69, 9.17) is 16.3 Å². The standard InChI is InChI=1S/C20H21ClN2O3/c1-26-18-9-5-3-7-14(18)12-23-20(25)16-10-15(16)19(24)22-11-13-6-2-4-8-17(13)21/h2-9,15-16H,10-12H2,1H3,(H,22,24)(H,23,25). The highest BCUT2D eigenvalue weighted by Crippen LogP contribution is 2.39. The quantitative estimate of drug-likeness (QED) is 0.785. The molecule has 0 bridgehead atoms. The number of halogens is 1. The van der Waals surface area contributed by atoms with Gasteiger partial charge in [0.2, 0.25) is 11.8 Å². The summed E-state index contributed by atoms with van der Waals surface area (Å²) in [6, 6.07) is 14.9. The first-order chi connectivity index (χ1) is 12.6. The second kappa shape index (κ2) is 8.23. The van der Waals surface area contributed by atoms with E-state index in [-0.39, 0.29) is 23.7 Å². The Kier molecular flexibility index (Phi) is 5.78. The van der Waals surface area contributed by atoms with Gasteiger partial charge in [0.1, 0.15) is 5.75 Å². The zero-order chi connectivity index (χ0) is 18.5. The summed E-state index contributed by atoms with van der Waals surface area (Å²) >= 11 is 6.08. The molecule has 0 aromatic heterocycles. The number of amides is 2. The van der Waals surface area contributed by atoms with Gasteiger partial charge < -0.3 is 15.4 Å². The predicted molar refractivity (Wildman–Crippen MR) is 99.7 cm³/mol. The number of carbonyl (C=O) groups excluding carboxylic acids is 2. The molecule has 3 rings (SSSR count). The fourth-order valence-electron chi connectivity index (χ4n) is 2.89. The minimum Gasteiger partial charge on any atom is -0.496 e. The van der Waals surface area contributed by atoms with E-state index in [1.165, 1.54) is 0 Å². The SMILES string of the molecule is COc1ccccc1CNC(=O)C1CC1C(=O)NCc1ccccc1Cl. The first-order valence-corrected chi connectivity index (χ1v) is 8.88. The first kappa shape index (κ1) is 18.3. The highest BCUT2D eigenvalue weighted by molar-refractivity contribution is 6.31. The maximum atomic E-state index is 12.3. The molecular weight excluding hydrogens is 352 g/mol. The van der Waals surface area contributed by atoms with E-state index >= 15 is 0 Å². The molecule has 1 saturated carbocycles. The Balaban J connectivity index is 1.46. The number of hydrogen-bond donors (Lipinski definition) is 2.